The fourth-order valence-electron chi connectivity index (χ4n) is 3.62. The van der Waals surface area contributed by atoms with Crippen LogP contribution in [0.1, 0.15) is 85.7 Å². The van der Waals surface area contributed by atoms with E-state index >= 15 is 0 Å². The first kappa shape index (κ1) is 29.6. The van der Waals surface area contributed by atoms with E-state index in [1.807, 2.05) is 12.2 Å². The highest BCUT2D eigenvalue weighted by Gasteiger charge is 2.26. The third kappa shape index (κ3) is 9.82. The van der Waals surface area contributed by atoms with Crippen molar-refractivity contribution in [3.05, 3.63) is 64.2 Å². The van der Waals surface area contributed by atoms with E-state index in [2.05, 4.69) is 0 Å². The molecule has 0 spiro atoms. The minimum absolute atomic E-state index is 0.0690. The van der Waals surface area contributed by atoms with E-state index in [1.165, 1.54) is 22.7 Å². The molecule has 2 N–H and O–H groups in total. The predicted molar refractivity (Wildman–Crippen MR) is 148 cm³/mol. The van der Waals surface area contributed by atoms with Gasteiger partial charge in [0.2, 0.25) is 0 Å². The molecule has 0 saturated heterocycles. The highest BCUT2D eigenvalue weighted by atomic mass is 32.1. The first-order chi connectivity index (χ1) is 16.8. The molecule has 2 aromatic heterocycles. The van der Waals surface area contributed by atoms with Crippen LogP contribution in [-0.2, 0) is 22.4 Å². The smallest absolute Gasteiger partial charge is 0.309 e. The van der Waals surface area contributed by atoms with Crippen LogP contribution in [0.3, 0.4) is 0 Å². The Hall–Kier alpha value is -2.58. The summed E-state index contributed by atoms with van der Waals surface area (Å²) < 4.78 is 0. The summed E-state index contributed by atoms with van der Waals surface area (Å²) in [5, 5.41) is 18.5. The van der Waals surface area contributed by atoms with Gasteiger partial charge in [-0.1, -0.05) is 12.8 Å². The molecule has 8 heteroatoms. The van der Waals surface area contributed by atoms with Gasteiger partial charge in [0.1, 0.15) is 0 Å². The van der Waals surface area contributed by atoms with Gasteiger partial charge in [-0.05, 0) is 90.5 Å². The predicted octanol–water partition coefficient (Wildman–Crippen LogP) is 6.35. The second-order valence-corrected chi connectivity index (χ2v) is 12.8. The Morgan fingerprint density at radius 3 is 1.39 bits per heavy atom. The molecule has 6 nitrogen and oxygen atoms in total. The number of aliphatic carboxylic acids is 2. The second-order valence-electron chi connectivity index (χ2n) is 10.4. The molecule has 0 aliphatic heterocycles. The van der Waals surface area contributed by atoms with Gasteiger partial charge in [-0.15, -0.1) is 22.7 Å². The first-order valence-electron chi connectivity index (χ1n) is 12.2. The Morgan fingerprint density at radius 1 is 0.694 bits per heavy atom. The van der Waals surface area contributed by atoms with Gasteiger partial charge in [-0.2, -0.15) is 0 Å². The summed E-state index contributed by atoms with van der Waals surface area (Å²) in [6, 6.07) is 6.42. The molecule has 0 radical (unpaired) electrons. The maximum absolute atomic E-state index is 12.2. The number of unbranched alkanes of at least 4 members (excludes halogenated alkanes) is 2. The van der Waals surface area contributed by atoms with Crippen molar-refractivity contribution in [2.24, 2.45) is 10.8 Å². The number of hydrogen-bond donors (Lipinski definition) is 2. The first-order valence-corrected chi connectivity index (χ1v) is 13.8. The summed E-state index contributed by atoms with van der Waals surface area (Å²) in [4.78, 5) is 50.4. The van der Waals surface area contributed by atoms with Crippen molar-refractivity contribution in [1.29, 1.82) is 0 Å². The maximum Gasteiger partial charge on any atom is 0.309 e. The molecule has 0 aliphatic carbocycles. The van der Waals surface area contributed by atoms with E-state index in [0.29, 0.717) is 12.8 Å². The van der Waals surface area contributed by atoms with Crippen molar-refractivity contribution in [3.8, 4) is 0 Å². The highest BCUT2D eigenvalue weighted by molar-refractivity contribution is 7.13. The Morgan fingerprint density at radius 2 is 1.06 bits per heavy atom. The number of carbonyl (C=O) groups is 2. The lowest BCUT2D eigenvalue weighted by molar-refractivity contribution is -0.148. The van der Waals surface area contributed by atoms with E-state index in [4.69, 9.17) is 0 Å². The van der Waals surface area contributed by atoms with Crippen LogP contribution < -0.4 is 10.9 Å². The van der Waals surface area contributed by atoms with Gasteiger partial charge in [0.15, 0.2) is 10.9 Å². The van der Waals surface area contributed by atoms with Crippen molar-refractivity contribution in [2.45, 2.75) is 79.1 Å². The zero-order valence-electron chi connectivity index (χ0n) is 21.5. The van der Waals surface area contributed by atoms with Crippen LogP contribution in [0.15, 0.2) is 33.9 Å². The highest BCUT2D eigenvalue weighted by Crippen LogP contribution is 2.26. The van der Waals surface area contributed by atoms with E-state index < -0.39 is 22.8 Å². The average molecular weight is 533 g/mol. The van der Waals surface area contributed by atoms with Crippen LogP contribution >= 0.6 is 22.7 Å². The third-order valence-corrected chi connectivity index (χ3v) is 8.34. The van der Waals surface area contributed by atoms with Gasteiger partial charge in [0, 0.05) is 31.6 Å². The van der Waals surface area contributed by atoms with Crippen molar-refractivity contribution in [3.63, 3.8) is 0 Å². The molecule has 0 atom stereocenters. The molecule has 36 heavy (non-hydrogen) atoms. The van der Waals surface area contributed by atoms with Crippen molar-refractivity contribution in [1.82, 2.24) is 0 Å². The largest absolute Gasteiger partial charge is 0.481 e. The number of rotatable bonds is 14. The van der Waals surface area contributed by atoms with Crippen LogP contribution in [0.2, 0.25) is 0 Å². The van der Waals surface area contributed by atoms with Crippen LogP contribution in [-0.4, -0.2) is 22.2 Å². The van der Waals surface area contributed by atoms with Crippen molar-refractivity contribution in [2.75, 3.05) is 0 Å². The number of carboxylic acid groups (broad SMARTS) is 2. The van der Waals surface area contributed by atoms with Crippen molar-refractivity contribution < 1.29 is 19.8 Å². The monoisotopic (exact) mass is 532 g/mol. The molecule has 2 aromatic rings. The Kier molecular flexibility index (Phi) is 10.8. The average Bonchev–Trinajstić information content (AvgIpc) is 2.77. The topological polar surface area (TPSA) is 109 Å². The van der Waals surface area contributed by atoms with Gasteiger partial charge in [0.05, 0.1) is 10.8 Å². The second kappa shape index (κ2) is 13.1. The number of carboxylic acids is 2. The van der Waals surface area contributed by atoms with Crippen LogP contribution in [0.25, 0.3) is 12.2 Å². The SMILES string of the molecule is CC(C)(CCCCc1cc(=O)cc(C=Cc2cc(=O)cc(CCCCC(C)(C)C(=O)O)s2)s1)C(=O)O. The van der Waals surface area contributed by atoms with Gasteiger partial charge in [-0.3, -0.25) is 19.2 Å². The van der Waals surface area contributed by atoms with E-state index in [1.54, 1.807) is 52.0 Å². The molecule has 2 heterocycles. The molecule has 2 rings (SSSR count). The standard InChI is InChI=1S/C28H36O6S2/c1-27(2,25(31)32)13-7-5-9-21-15-19(29)17-23(35-21)11-12-24-18-20(30)16-22(36-24)10-6-8-14-28(3,4)26(33)34/h11-12,15-18H,5-10,13-14H2,1-4H3,(H,31,32)(H,33,34). The summed E-state index contributed by atoms with van der Waals surface area (Å²) in [6.45, 7) is 6.90. The van der Waals surface area contributed by atoms with Crippen LogP contribution in [0.4, 0.5) is 0 Å². The lowest BCUT2D eigenvalue weighted by Gasteiger charge is -2.18. The summed E-state index contributed by atoms with van der Waals surface area (Å²) in [6.07, 6.45) is 9.50. The summed E-state index contributed by atoms with van der Waals surface area (Å²) >= 11 is 3.05. The molecular weight excluding hydrogens is 496 g/mol. The van der Waals surface area contributed by atoms with Crippen molar-refractivity contribution >= 4 is 46.8 Å². The minimum Gasteiger partial charge on any atom is -0.481 e. The molecule has 196 valence electrons. The zero-order valence-corrected chi connectivity index (χ0v) is 23.1. The van der Waals surface area contributed by atoms with Gasteiger partial charge in [0.25, 0.3) is 0 Å². The molecule has 0 bridgehead atoms. The lowest BCUT2D eigenvalue weighted by Crippen LogP contribution is -2.23. The Balaban J connectivity index is 1.99. The molecule has 0 amide bonds. The van der Waals surface area contributed by atoms with Crippen LogP contribution in [0.5, 0.6) is 0 Å². The fourth-order valence-corrected chi connectivity index (χ4v) is 5.69. The summed E-state index contributed by atoms with van der Waals surface area (Å²) in [5.74, 6) is -1.60. The minimum atomic E-state index is -0.798. The molecule has 0 fully saturated rings. The third-order valence-electron chi connectivity index (χ3n) is 6.19. The van der Waals surface area contributed by atoms with E-state index in [0.717, 1.165) is 58.0 Å². The quantitative estimate of drug-likeness (QED) is 0.275. The van der Waals surface area contributed by atoms with Crippen LogP contribution in [0, 0.1) is 10.8 Å². The summed E-state index contributed by atoms with van der Waals surface area (Å²) in [5.41, 5.74) is -1.63. The summed E-state index contributed by atoms with van der Waals surface area (Å²) in [7, 11) is 0. The zero-order chi connectivity index (χ0) is 26.9. The van der Waals surface area contributed by atoms with Gasteiger partial charge >= 0.3 is 11.9 Å². The normalized spacial score (nSPS) is 12.2. The number of hydrogen-bond acceptors (Lipinski definition) is 6. The molecule has 0 aromatic carbocycles. The maximum atomic E-state index is 12.2. The van der Waals surface area contributed by atoms with E-state index in [9.17, 15) is 29.4 Å². The lowest BCUT2D eigenvalue weighted by atomic mass is 9.87. The number of aryl methyl sites for hydroxylation is 2. The van der Waals surface area contributed by atoms with Gasteiger partial charge in [-0.25, -0.2) is 0 Å². The fraction of sp³-hybridized carbons (Fsp3) is 0.500. The van der Waals surface area contributed by atoms with Gasteiger partial charge < -0.3 is 10.2 Å². The Labute approximate surface area is 220 Å². The molecule has 0 aliphatic rings. The molecule has 0 saturated carbocycles. The Bertz CT molecular complexity index is 1110. The molecular formula is C28H36O6S2. The molecule has 0 unspecified atom stereocenters. The van der Waals surface area contributed by atoms with E-state index in [-0.39, 0.29) is 10.9 Å².